The van der Waals surface area contributed by atoms with Gasteiger partial charge in [-0.2, -0.15) is 0 Å². The maximum atomic E-state index is 12.6. The summed E-state index contributed by atoms with van der Waals surface area (Å²) in [7, 11) is -1.28. The van der Waals surface area contributed by atoms with Gasteiger partial charge in [0, 0.05) is 11.4 Å². The van der Waals surface area contributed by atoms with Crippen molar-refractivity contribution in [3.05, 3.63) is 30.1 Å². The quantitative estimate of drug-likeness (QED) is 0.783. The molecule has 0 saturated heterocycles. The van der Waals surface area contributed by atoms with Gasteiger partial charge in [-0.1, -0.05) is 6.92 Å². The SMILES string of the molecule is CCNCC(O)CS(=O)c1ccc(F)cc1. The average molecular weight is 245 g/mol. The van der Waals surface area contributed by atoms with E-state index in [2.05, 4.69) is 5.32 Å². The van der Waals surface area contributed by atoms with Gasteiger partial charge in [-0.05, 0) is 30.8 Å². The lowest BCUT2D eigenvalue weighted by Gasteiger charge is -2.10. The van der Waals surface area contributed by atoms with Crippen LogP contribution in [0.1, 0.15) is 6.92 Å². The molecule has 0 heterocycles. The smallest absolute Gasteiger partial charge is 0.123 e. The molecule has 16 heavy (non-hydrogen) atoms. The van der Waals surface area contributed by atoms with Gasteiger partial charge < -0.3 is 10.4 Å². The Hall–Kier alpha value is -0.780. The molecule has 1 aromatic rings. The van der Waals surface area contributed by atoms with Gasteiger partial charge in [0.25, 0.3) is 0 Å². The molecule has 0 radical (unpaired) electrons. The number of hydrogen-bond donors (Lipinski definition) is 2. The van der Waals surface area contributed by atoms with Gasteiger partial charge in [-0.3, -0.25) is 4.21 Å². The van der Waals surface area contributed by atoms with E-state index < -0.39 is 16.9 Å². The lowest BCUT2D eigenvalue weighted by Crippen LogP contribution is -2.30. The highest BCUT2D eigenvalue weighted by molar-refractivity contribution is 7.85. The van der Waals surface area contributed by atoms with Crippen molar-refractivity contribution in [2.75, 3.05) is 18.8 Å². The summed E-state index contributed by atoms with van der Waals surface area (Å²) in [5.74, 6) is -0.188. The van der Waals surface area contributed by atoms with E-state index in [0.717, 1.165) is 6.54 Å². The van der Waals surface area contributed by atoms with Gasteiger partial charge in [-0.15, -0.1) is 0 Å². The summed E-state index contributed by atoms with van der Waals surface area (Å²) in [6, 6.07) is 5.49. The van der Waals surface area contributed by atoms with Crippen molar-refractivity contribution in [3.63, 3.8) is 0 Å². The topological polar surface area (TPSA) is 49.3 Å². The Balaban J connectivity index is 2.48. The number of rotatable bonds is 6. The zero-order chi connectivity index (χ0) is 12.0. The highest BCUT2D eigenvalue weighted by atomic mass is 32.2. The fourth-order valence-electron chi connectivity index (χ4n) is 1.23. The van der Waals surface area contributed by atoms with Crippen LogP contribution >= 0.6 is 0 Å². The van der Waals surface area contributed by atoms with Crippen LogP contribution in [0.2, 0.25) is 0 Å². The van der Waals surface area contributed by atoms with Gasteiger partial charge in [-0.25, -0.2) is 4.39 Å². The molecule has 90 valence electrons. The van der Waals surface area contributed by atoms with Gasteiger partial charge in [0.2, 0.25) is 0 Å². The first-order valence-electron chi connectivity index (χ1n) is 5.16. The van der Waals surface area contributed by atoms with E-state index in [-0.39, 0.29) is 11.6 Å². The predicted molar refractivity (Wildman–Crippen MR) is 62.2 cm³/mol. The van der Waals surface area contributed by atoms with Crippen molar-refractivity contribution in [2.45, 2.75) is 17.9 Å². The Labute approximate surface area is 97.1 Å². The Kier molecular flexibility index (Phi) is 5.59. The normalized spacial score (nSPS) is 14.7. The van der Waals surface area contributed by atoms with Crippen LogP contribution in [0, 0.1) is 5.82 Å². The third kappa shape index (κ3) is 4.38. The maximum Gasteiger partial charge on any atom is 0.123 e. The number of halogens is 1. The molecule has 0 fully saturated rings. The molecule has 2 atom stereocenters. The largest absolute Gasteiger partial charge is 0.391 e. The van der Waals surface area contributed by atoms with Crippen LogP contribution in [-0.2, 0) is 10.8 Å². The molecule has 3 nitrogen and oxygen atoms in total. The zero-order valence-corrected chi connectivity index (χ0v) is 9.97. The van der Waals surface area contributed by atoms with Crippen LogP contribution in [0.25, 0.3) is 0 Å². The van der Waals surface area contributed by atoms with Crippen molar-refractivity contribution in [1.82, 2.24) is 5.32 Å². The zero-order valence-electron chi connectivity index (χ0n) is 9.15. The van der Waals surface area contributed by atoms with Crippen LogP contribution in [0.3, 0.4) is 0 Å². The fraction of sp³-hybridized carbons (Fsp3) is 0.455. The molecule has 0 aliphatic carbocycles. The predicted octanol–water partition coefficient (Wildman–Crippen LogP) is 0.904. The lowest BCUT2D eigenvalue weighted by atomic mass is 10.3. The molecule has 5 heteroatoms. The minimum atomic E-state index is -1.28. The maximum absolute atomic E-state index is 12.6. The first kappa shape index (κ1) is 13.3. The monoisotopic (exact) mass is 245 g/mol. The molecule has 2 N–H and O–H groups in total. The molecule has 2 unspecified atom stereocenters. The van der Waals surface area contributed by atoms with Crippen LogP contribution in [0.15, 0.2) is 29.2 Å². The fourth-order valence-corrected chi connectivity index (χ4v) is 2.33. The highest BCUT2D eigenvalue weighted by Crippen LogP contribution is 2.08. The van der Waals surface area contributed by atoms with E-state index in [1.165, 1.54) is 24.3 Å². The third-order valence-electron chi connectivity index (χ3n) is 2.05. The van der Waals surface area contributed by atoms with Crippen molar-refractivity contribution < 1.29 is 13.7 Å². The molecule has 0 aliphatic rings. The average Bonchev–Trinajstić information content (AvgIpc) is 2.27. The Morgan fingerprint density at radius 3 is 2.62 bits per heavy atom. The first-order valence-corrected chi connectivity index (χ1v) is 6.48. The molecule has 0 aromatic heterocycles. The number of aliphatic hydroxyl groups is 1. The number of hydrogen-bond acceptors (Lipinski definition) is 3. The molecule has 0 saturated carbocycles. The second-order valence-electron chi connectivity index (χ2n) is 3.43. The summed E-state index contributed by atoms with van der Waals surface area (Å²) in [5, 5.41) is 12.5. The summed E-state index contributed by atoms with van der Waals surface area (Å²) in [6.07, 6.45) is -0.647. The number of benzene rings is 1. The number of aliphatic hydroxyl groups excluding tert-OH is 1. The number of likely N-dealkylation sites (N-methyl/N-ethyl adjacent to an activating group) is 1. The van der Waals surface area contributed by atoms with E-state index in [0.29, 0.717) is 11.4 Å². The summed E-state index contributed by atoms with van der Waals surface area (Å²) >= 11 is 0. The molecular weight excluding hydrogens is 229 g/mol. The van der Waals surface area contributed by atoms with Crippen molar-refractivity contribution in [1.29, 1.82) is 0 Å². The molecule has 0 bridgehead atoms. The summed E-state index contributed by atoms with van der Waals surface area (Å²) in [5.41, 5.74) is 0. The van der Waals surface area contributed by atoms with Crippen LogP contribution in [-0.4, -0.2) is 34.3 Å². The Bertz CT molecular complexity index is 342. The summed E-state index contributed by atoms with van der Waals surface area (Å²) in [6.45, 7) is 3.12. The van der Waals surface area contributed by atoms with Crippen molar-refractivity contribution in [2.24, 2.45) is 0 Å². The van der Waals surface area contributed by atoms with E-state index in [9.17, 15) is 13.7 Å². The van der Waals surface area contributed by atoms with E-state index in [1.54, 1.807) is 0 Å². The van der Waals surface area contributed by atoms with Crippen LogP contribution in [0.4, 0.5) is 4.39 Å². The van der Waals surface area contributed by atoms with E-state index in [1.807, 2.05) is 6.92 Å². The summed E-state index contributed by atoms with van der Waals surface area (Å²) < 4.78 is 24.4. The first-order chi connectivity index (χ1) is 7.63. The van der Waals surface area contributed by atoms with Crippen molar-refractivity contribution >= 4 is 10.8 Å². The van der Waals surface area contributed by atoms with E-state index >= 15 is 0 Å². The van der Waals surface area contributed by atoms with Crippen LogP contribution in [0.5, 0.6) is 0 Å². The standard InChI is InChI=1S/C11H16FNO2S/c1-2-13-7-10(14)8-16(15)11-5-3-9(12)4-6-11/h3-6,10,13-14H,2,7-8H2,1H3. The molecule has 0 amide bonds. The third-order valence-corrected chi connectivity index (χ3v) is 3.54. The Morgan fingerprint density at radius 1 is 1.44 bits per heavy atom. The molecule has 1 rings (SSSR count). The van der Waals surface area contributed by atoms with E-state index in [4.69, 9.17) is 0 Å². The molecule has 1 aromatic carbocycles. The lowest BCUT2D eigenvalue weighted by molar-refractivity contribution is 0.195. The van der Waals surface area contributed by atoms with Crippen molar-refractivity contribution in [3.8, 4) is 0 Å². The number of nitrogens with one attached hydrogen (secondary N) is 1. The van der Waals surface area contributed by atoms with Gasteiger partial charge in [0.15, 0.2) is 0 Å². The Morgan fingerprint density at radius 2 is 2.06 bits per heavy atom. The minimum Gasteiger partial charge on any atom is -0.391 e. The minimum absolute atomic E-state index is 0.165. The summed E-state index contributed by atoms with van der Waals surface area (Å²) in [4.78, 5) is 0.539. The van der Waals surface area contributed by atoms with Crippen LogP contribution < -0.4 is 5.32 Å². The second kappa shape index (κ2) is 6.73. The second-order valence-corrected chi connectivity index (χ2v) is 4.92. The van der Waals surface area contributed by atoms with Gasteiger partial charge in [0.05, 0.1) is 22.7 Å². The molecule has 0 aliphatic heterocycles. The molecular formula is C11H16FNO2S. The molecule has 0 spiro atoms. The highest BCUT2D eigenvalue weighted by Gasteiger charge is 2.10. The van der Waals surface area contributed by atoms with Gasteiger partial charge in [0.1, 0.15) is 5.82 Å². The van der Waals surface area contributed by atoms with Gasteiger partial charge >= 0.3 is 0 Å².